The molecule has 0 spiro atoms. The summed E-state index contributed by atoms with van der Waals surface area (Å²) in [6.07, 6.45) is 0.760. The smallest absolute Gasteiger partial charge is 0.265 e. The van der Waals surface area contributed by atoms with Crippen LogP contribution in [-0.2, 0) is 6.42 Å². The maximum Gasteiger partial charge on any atom is 0.265 e. The maximum absolute atomic E-state index is 12.5. The molecule has 1 heterocycles. The van der Waals surface area contributed by atoms with Crippen LogP contribution in [0, 0.1) is 0 Å². The molecule has 0 aliphatic carbocycles. The van der Waals surface area contributed by atoms with Gasteiger partial charge in [0.05, 0.1) is 16.1 Å². The van der Waals surface area contributed by atoms with Gasteiger partial charge >= 0.3 is 0 Å². The van der Waals surface area contributed by atoms with Gasteiger partial charge in [0.25, 0.3) is 11.8 Å². The molecule has 0 saturated carbocycles. The van der Waals surface area contributed by atoms with Crippen LogP contribution in [0.3, 0.4) is 0 Å². The molecule has 0 atom stereocenters. The van der Waals surface area contributed by atoms with Gasteiger partial charge in [-0.2, -0.15) is 0 Å². The number of carbonyl (C=O) groups excluding carboxylic acids is 2. The van der Waals surface area contributed by atoms with E-state index >= 15 is 0 Å². The van der Waals surface area contributed by atoms with Crippen LogP contribution in [0.15, 0.2) is 72.1 Å². The highest BCUT2D eigenvalue weighted by Crippen LogP contribution is 2.18. The monoisotopic (exact) mass is 350 g/mol. The lowest BCUT2D eigenvalue weighted by Gasteiger charge is -2.11. The zero-order valence-electron chi connectivity index (χ0n) is 13.6. The van der Waals surface area contributed by atoms with Gasteiger partial charge in [0.2, 0.25) is 0 Å². The quantitative estimate of drug-likeness (QED) is 0.707. The summed E-state index contributed by atoms with van der Waals surface area (Å²) in [5, 5.41) is 7.57. The first-order valence-corrected chi connectivity index (χ1v) is 8.88. The molecule has 0 aliphatic heterocycles. The number of para-hydroxylation sites is 1. The predicted octanol–water partition coefficient (Wildman–Crippen LogP) is 3.97. The highest BCUT2D eigenvalue weighted by Gasteiger charge is 2.14. The summed E-state index contributed by atoms with van der Waals surface area (Å²) in [5.74, 6) is -0.405. The SMILES string of the molecule is O=C(Nc1ccccc1C(=O)NCCc1ccccc1)c1cccs1. The fraction of sp³-hybridized carbons (Fsp3) is 0.100. The predicted molar refractivity (Wildman–Crippen MR) is 101 cm³/mol. The van der Waals surface area contributed by atoms with Crippen LogP contribution in [0.1, 0.15) is 25.6 Å². The van der Waals surface area contributed by atoms with Crippen molar-refractivity contribution in [3.63, 3.8) is 0 Å². The van der Waals surface area contributed by atoms with Crippen molar-refractivity contribution >= 4 is 28.8 Å². The number of amides is 2. The van der Waals surface area contributed by atoms with Gasteiger partial charge in [0.15, 0.2) is 0 Å². The van der Waals surface area contributed by atoms with Crippen LogP contribution in [0.2, 0.25) is 0 Å². The van der Waals surface area contributed by atoms with E-state index in [0.717, 1.165) is 6.42 Å². The third-order valence-electron chi connectivity index (χ3n) is 3.71. The second-order valence-electron chi connectivity index (χ2n) is 5.47. The van der Waals surface area contributed by atoms with E-state index in [1.807, 2.05) is 41.8 Å². The molecule has 0 radical (unpaired) electrons. The van der Waals surface area contributed by atoms with E-state index in [0.29, 0.717) is 22.7 Å². The summed E-state index contributed by atoms with van der Waals surface area (Å²) in [6.45, 7) is 0.538. The van der Waals surface area contributed by atoms with Crippen molar-refractivity contribution in [1.29, 1.82) is 0 Å². The Morgan fingerprint density at radius 1 is 0.840 bits per heavy atom. The van der Waals surface area contributed by atoms with E-state index in [9.17, 15) is 9.59 Å². The van der Waals surface area contributed by atoms with Crippen LogP contribution in [-0.4, -0.2) is 18.4 Å². The van der Waals surface area contributed by atoms with Crippen molar-refractivity contribution < 1.29 is 9.59 Å². The normalized spacial score (nSPS) is 10.2. The van der Waals surface area contributed by atoms with Gasteiger partial charge in [-0.15, -0.1) is 11.3 Å². The molecular weight excluding hydrogens is 332 g/mol. The molecule has 0 aliphatic rings. The summed E-state index contributed by atoms with van der Waals surface area (Å²) in [5.41, 5.74) is 2.14. The summed E-state index contributed by atoms with van der Waals surface area (Å²) in [6, 6.07) is 20.6. The average Bonchev–Trinajstić information content (AvgIpc) is 3.18. The Labute approximate surface area is 150 Å². The molecule has 4 nitrogen and oxygen atoms in total. The molecule has 3 aromatic rings. The fourth-order valence-corrected chi connectivity index (χ4v) is 3.06. The van der Waals surface area contributed by atoms with E-state index in [1.54, 1.807) is 30.3 Å². The molecule has 1 aromatic heterocycles. The standard InChI is InChI=1S/C20H18N2O2S/c23-19(21-13-12-15-7-2-1-3-8-15)16-9-4-5-10-17(16)22-20(24)18-11-6-14-25-18/h1-11,14H,12-13H2,(H,21,23)(H,22,24). The van der Waals surface area contributed by atoms with Crippen molar-refractivity contribution in [2.75, 3.05) is 11.9 Å². The molecule has 0 bridgehead atoms. The Hall–Kier alpha value is -2.92. The zero-order valence-corrected chi connectivity index (χ0v) is 14.4. The van der Waals surface area contributed by atoms with Crippen LogP contribution in [0.25, 0.3) is 0 Å². The highest BCUT2D eigenvalue weighted by molar-refractivity contribution is 7.12. The van der Waals surface area contributed by atoms with E-state index in [2.05, 4.69) is 10.6 Å². The van der Waals surface area contributed by atoms with Crippen molar-refractivity contribution in [2.45, 2.75) is 6.42 Å². The van der Waals surface area contributed by atoms with E-state index < -0.39 is 0 Å². The lowest BCUT2D eigenvalue weighted by Crippen LogP contribution is -2.27. The second-order valence-corrected chi connectivity index (χ2v) is 6.42. The first-order valence-electron chi connectivity index (χ1n) is 8.00. The zero-order chi connectivity index (χ0) is 17.5. The number of hydrogen-bond acceptors (Lipinski definition) is 3. The molecule has 2 N–H and O–H groups in total. The van der Waals surface area contributed by atoms with Gasteiger partial charge in [-0.05, 0) is 35.6 Å². The number of carbonyl (C=O) groups is 2. The van der Waals surface area contributed by atoms with Crippen molar-refractivity contribution in [3.8, 4) is 0 Å². The minimum Gasteiger partial charge on any atom is -0.352 e. The number of nitrogens with one attached hydrogen (secondary N) is 2. The molecule has 0 saturated heterocycles. The topological polar surface area (TPSA) is 58.2 Å². The molecule has 25 heavy (non-hydrogen) atoms. The van der Waals surface area contributed by atoms with Gasteiger partial charge in [-0.3, -0.25) is 9.59 Å². The molecule has 0 fully saturated rings. The Morgan fingerprint density at radius 2 is 1.60 bits per heavy atom. The minimum absolute atomic E-state index is 0.196. The third-order valence-corrected chi connectivity index (χ3v) is 4.58. The summed E-state index contributed by atoms with van der Waals surface area (Å²) >= 11 is 1.36. The van der Waals surface area contributed by atoms with Crippen molar-refractivity contribution in [2.24, 2.45) is 0 Å². The first-order chi connectivity index (χ1) is 12.2. The number of hydrogen-bond donors (Lipinski definition) is 2. The summed E-state index contributed by atoms with van der Waals surface area (Å²) in [4.78, 5) is 25.3. The van der Waals surface area contributed by atoms with Crippen LogP contribution in [0.4, 0.5) is 5.69 Å². The maximum atomic E-state index is 12.5. The molecule has 2 aromatic carbocycles. The van der Waals surface area contributed by atoms with Crippen LogP contribution >= 0.6 is 11.3 Å². The molecule has 5 heteroatoms. The summed E-state index contributed by atoms with van der Waals surface area (Å²) < 4.78 is 0. The highest BCUT2D eigenvalue weighted by atomic mass is 32.1. The lowest BCUT2D eigenvalue weighted by atomic mass is 10.1. The molecular formula is C20H18N2O2S. The van der Waals surface area contributed by atoms with Crippen molar-refractivity contribution in [3.05, 3.63) is 88.1 Å². The minimum atomic E-state index is -0.209. The number of rotatable bonds is 6. The van der Waals surface area contributed by atoms with Gasteiger partial charge in [0.1, 0.15) is 0 Å². The molecule has 3 rings (SSSR count). The van der Waals surface area contributed by atoms with E-state index in [4.69, 9.17) is 0 Å². The first kappa shape index (κ1) is 16.9. The number of anilines is 1. The van der Waals surface area contributed by atoms with Crippen LogP contribution < -0.4 is 10.6 Å². The van der Waals surface area contributed by atoms with Crippen LogP contribution in [0.5, 0.6) is 0 Å². The van der Waals surface area contributed by atoms with Gasteiger partial charge < -0.3 is 10.6 Å². The average molecular weight is 350 g/mol. The molecule has 2 amide bonds. The number of benzene rings is 2. The Bertz CT molecular complexity index is 845. The summed E-state index contributed by atoms with van der Waals surface area (Å²) in [7, 11) is 0. The third kappa shape index (κ3) is 4.55. The molecule has 0 unspecified atom stereocenters. The Balaban J connectivity index is 1.63. The second kappa shape index (κ2) is 8.26. The van der Waals surface area contributed by atoms with Gasteiger partial charge in [-0.25, -0.2) is 0 Å². The number of thiophene rings is 1. The van der Waals surface area contributed by atoms with E-state index in [-0.39, 0.29) is 11.8 Å². The fourth-order valence-electron chi connectivity index (χ4n) is 2.44. The largest absolute Gasteiger partial charge is 0.352 e. The van der Waals surface area contributed by atoms with Crippen molar-refractivity contribution in [1.82, 2.24) is 5.32 Å². The molecule has 126 valence electrons. The Kier molecular flexibility index (Phi) is 5.59. The lowest BCUT2D eigenvalue weighted by molar-refractivity contribution is 0.0955. The van der Waals surface area contributed by atoms with Gasteiger partial charge in [0, 0.05) is 6.54 Å². The van der Waals surface area contributed by atoms with Gasteiger partial charge in [-0.1, -0.05) is 48.5 Å². The van der Waals surface area contributed by atoms with E-state index in [1.165, 1.54) is 16.9 Å². The Morgan fingerprint density at radius 3 is 2.36 bits per heavy atom.